The molecule has 1 amide bonds. The van der Waals surface area contributed by atoms with Gasteiger partial charge in [0, 0.05) is 30.6 Å². The van der Waals surface area contributed by atoms with Crippen molar-refractivity contribution in [3.8, 4) is 11.6 Å². The molecule has 10 heteroatoms. The van der Waals surface area contributed by atoms with Crippen LogP contribution < -0.4 is 10.4 Å². The fourth-order valence-corrected chi connectivity index (χ4v) is 4.02. The fraction of sp³-hybridized carbons (Fsp3) is 0.375. The van der Waals surface area contributed by atoms with Gasteiger partial charge in [0.05, 0.1) is 12.2 Å². The number of carbonyl (C=O) groups is 1. The number of amides is 1. The van der Waals surface area contributed by atoms with E-state index in [0.717, 1.165) is 18.2 Å². The molecule has 1 aromatic carbocycles. The minimum atomic E-state index is -0.518. The normalized spacial score (nSPS) is 15.1. The van der Waals surface area contributed by atoms with E-state index in [4.69, 9.17) is 13.9 Å². The summed E-state index contributed by atoms with van der Waals surface area (Å²) in [6.45, 7) is 6.75. The van der Waals surface area contributed by atoms with Crippen LogP contribution in [0, 0.1) is 0 Å². The molecule has 1 aliphatic rings. The molecule has 5 rings (SSSR count). The molecule has 0 unspecified atom stereocenters. The van der Waals surface area contributed by atoms with Crippen LogP contribution in [0.2, 0.25) is 0 Å². The van der Waals surface area contributed by atoms with Gasteiger partial charge in [-0.1, -0.05) is 0 Å². The molecule has 0 spiro atoms. The summed E-state index contributed by atoms with van der Waals surface area (Å²) in [5.41, 5.74) is 0.152. The molecule has 4 aromatic rings. The lowest BCUT2D eigenvalue weighted by atomic mass is 10.1. The molecule has 0 bridgehead atoms. The van der Waals surface area contributed by atoms with Crippen molar-refractivity contribution in [2.24, 2.45) is 0 Å². The standard InChI is InChI=1S/C24H25N5O5/c1-24(2,3)34-23(31)28-10-8-16(9-11-28)29-21-18(13-27-29)22(26-14-25-21)32-17-6-4-15-5-7-20(30)33-19(15)12-17/h4-7,12-14,16H,8-11H2,1-3H3. The van der Waals surface area contributed by atoms with Crippen LogP contribution >= 0.6 is 0 Å². The first-order valence-corrected chi connectivity index (χ1v) is 11.1. The highest BCUT2D eigenvalue weighted by atomic mass is 16.6. The minimum absolute atomic E-state index is 0.0916. The van der Waals surface area contributed by atoms with Gasteiger partial charge in [-0.05, 0) is 51.8 Å². The van der Waals surface area contributed by atoms with Gasteiger partial charge in [-0.2, -0.15) is 5.10 Å². The molecule has 0 saturated carbocycles. The summed E-state index contributed by atoms with van der Waals surface area (Å²) in [7, 11) is 0. The summed E-state index contributed by atoms with van der Waals surface area (Å²) in [5, 5.41) is 6.02. The molecule has 4 heterocycles. The fourth-order valence-electron chi connectivity index (χ4n) is 4.02. The van der Waals surface area contributed by atoms with Crippen LogP contribution in [0.1, 0.15) is 39.7 Å². The SMILES string of the molecule is CC(C)(C)OC(=O)N1CCC(n2ncc3c(Oc4ccc5ccc(=O)oc5c4)ncnc32)CC1. The molecule has 1 fully saturated rings. The van der Waals surface area contributed by atoms with Crippen molar-refractivity contribution >= 4 is 28.1 Å². The third kappa shape index (κ3) is 4.43. The smallest absolute Gasteiger partial charge is 0.410 e. The van der Waals surface area contributed by atoms with Crippen LogP contribution in [-0.2, 0) is 4.74 Å². The van der Waals surface area contributed by atoms with Gasteiger partial charge >= 0.3 is 11.7 Å². The van der Waals surface area contributed by atoms with E-state index in [2.05, 4.69) is 15.1 Å². The molecular weight excluding hydrogens is 438 g/mol. The molecule has 1 aliphatic heterocycles. The number of rotatable bonds is 3. The Kier molecular flexibility index (Phi) is 5.43. The van der Waals surface area contributed by atoms with Gasteiger partial charge in [0.1, 0.15) is 28.6 Å². The second-order valence-electron chi connectivity index (χ2n) is 9.26. The van der Waals surface area contributed by atoms with Crippen LogP contribution in [0.5, 0.6) is 11.6 Å². The Hall–Kier alpha value is -3.95. The maximum absolute atomic E-state index is 12.4. The maximum atomic E-state index is 12.4. The number of fused-ring (bicyclic) bond motifs is 2. The molecular formula is C24H25N5O5. The lowest BCUT2D eigenvalue weighted by Gasteiger charge is -2.33. The largest absolute Gasteiger partial charge is 0.444 e. The van der Waals surface area contributed by atoms with Gasteiger partial charge in [-0.3, -0.25) is 0 Å². The molecule has 0 N–H and O–H groups in total. The van der Waals surface area contributed by atoms with Crippen LogP contribution in [-0.4, -0.2) is 49.4 Å². The van der Waals surface area contributed by atoms with Crippen molar-refractivity contribution in [1.29, 1.82) is 0 Å². The van der Waals surface area contributed by atoms with E-state index in [0.29, 0.717) is 41.3 Å². The summed E-state index contributed by atoms with van der Waals surface area (Å²) in [6, 6.07) is 8.42. The Bertz CT molecular complexity index is 1410. The van der Waals surface area contributed by atoms with Crippen LogP contribution in [0.4, 0.5) is 4.79 Å². The van der Waals surface area contributed by atoms with Crippen LogP contribution in [0.15, 0.2) is 52.1 Å². The zero-order valence-electron chi connectivity index (χ0n) is 19.2. The Balaban J connectivity index is 1.34. The van der Waals surface area contributed by atoms with Gasteiger partial charge in [0.15, 0.2) is 5.65 Å². The third-order valence-electron chi connectivity index (χ3n) is 5.63. The average molecular weight is 463 g/mol. The lowest BCUT2D eigenvalue weighted by Crippen LogP contribution is -2.42. The molecule has 3 aromatic heterocycles. The number of carbonyl (C=O) groups excluding carboxylic acids is 1. The van der Waals surface area contributed by atoms with E-state index in [1.165, 1.54) is 12.4 Å². The van der Waals surface area contributed by atoms with Crippen molar-refractivity contribution in [2.75, 3.05) is 13.1 Å². The Labute approximate surface area is 195 Å². The predicted octanol–water partition coefficient (Wildman–Crippen LogP) is 4.30. The zero-order chi connectivity index (χ0) is 23.9. The number of hydrogen-bond donors (Lipinski definition) is 0. The lowest BCUT2D eigenvalue weighted by molar-refractivity contribution is 0.0186. The number of likely N-dealkylation sites (tertiary alicyclic amines) is 1. The Morgan fingerprint density at radius 2 is 1.88 bits per heavy atom. The van der Waals surface area contributed by atoms with Crippen LogP contribution in [0.3, 0.4) is 0 Å². The van der Waals surface area contributed by atoms with Crippen molar-refractivity contribution < 1.29 is 18.7 Å². The molecule has 0 aliphatic carbocycles. The van der Waals surface area contributed by atoms with E-state index in [1.807, 2.05) is 31.5 Å². The topological polar surface area (TPSA) is 113 Å². The third-order valence-corrected chi connectivity index (χ3v) is 5.63. The number of ether oxygens (including phenoxy) is 2. The number of piperidine rings is 1. The van der Waals surface area contributed by atoms with Crippen molar-refractivity contribution in [3.63, 3.8) is 0 Å². The molecule has 34 heavy (non-hydrogen) atoms. The van der Waals surface area contributed by atoms with Crippen molar-refractivity contribution in [1.82, 2.24) is 24.6 Å². The first kappa shape index (κ1) is 21.9. The van der Waals surface area contributed by atoms with Gasteiger partial charge in [0.2, 0.25) is 5.88 Å². The minimum Gasteiger partial charge on any atom is -0.444 e. The van der Waals surface area contributed by atoms with Crippen molar-refractivity contribution in [2.45, 2.75) is 45.3 Å². The van der Waals surface area contributed by atoms with Gasteiger partial charge < -0.3 is 18.8 Å². The molecule has 176 valence electrons. The summed E-state index contributed by atoms with van der Waals surface area (Å²) in [6.07, 6.45) is 4.30. The molecule has 0 atom stereocenters. The number of hydrogen-bond acceptors (Lipinski definition) is 8. The molecule has 1 saturated heterocycles. The zero-order valence-corrected chi connectivity index (χ0v) is 19.2. The first-order valence-electron chi connectivity index (χ1n) is 11.1. The predicted molar refractivity (Wildman–Crippen MR) is 124 cm³/mol. The highest BCUT2D eigenvalue weighted by Gasteiger charge is 2.29. The number of aromatic nitrogens is 4. The number of benzene rings is 1. The van der Waals surface area contributed by atoms with Gasteiger partial charge in [-0.25, -0.2) is 24.2 Å². The summed E-state index contributed by atoms with van der Waals surface area (Å²) in [5.74, 6) is 0.848. The van der Waals surface area contributed by atoms with E-state index < -0.39 is 11.2 Å². The Morgan fingerprint density at radius 3 is 2.65 bits per heavy atom. The summed E-state index contributed by atoms with van der Waals surface area (Å²) >= 11 is 0. The van der Waals surface area contributed by atoms with Gasteiger partial charge in [0.25, 0.3) is 0 Å². The monoisotopic (exact) mass is 463 g/mol. The maximum Gasteiger partial charge on any atom is 0.410 e. The quantitative estimate of drug-likeness (QED) is 0.414. The Morgan fingerprint density at radius 1 is 1.12 bits per heavy atom. The van der Waals surface area contributed by atoms with E-state index >= 15 is 0 Å². The highest BCUT2D eigenvalue weighted by molar-refractivity contribution is 5.81. The summed E-state index contributed by atoms with van der Waals surface area (Å²) < 4.78 is 18.6. The second kappa shape index (κ2) is 8.44. The van der Waals surface area contributed by atoms with Crippen LogP contribution in [0.25, 0.3) is 22.0 Å². The summed E-state index contributed by atoms with van der Waals surface area (Å²) in [4.78, 5) is 34.3. The van der Waals surface area contributed by atoms with Crippen molar-refractivity contribution in [3.05, 3.63) is 53.3 Å². The number of nitrogens with zero attached hydrogens (tertiary/aromatic N) is 5. The van der Waals surface area contributed by atoms with E-state index in [9.17, 15) is 9.59 Å². The molecule has 0 radical (unpaired) electrons. The first-order chi connectivity index (χ1) is 16.3. The average Bonchev–Trinajstić information content (AvgIpc) is 3.23. The van der Waals surface area contributed by atoms with E-state index in [-0.39, 0.29) is 12.1 Å². The highest BCUT2D eigenvalue weighted by Crippen LogP contribution is 2.31. The van der Waals surface area contributed by atoms with Gasteiger partial charge in [-0.15, -0.1) is 0 Å². The van der Waals surface area contributed by atoms with E-state index in [1.54, 1.807) is 29.3 Å². The second-order valence-corrected chi connectivity index (χ2v) is 9.26. The molecule has 10 nitrogen and oxygen atoms in total.